The average Bonchev–Trinajstić information content (AvgIpc) is 2.48. The van der Waals surface area contributed by atoms with E-state index in [0.717, 1.165) is 0 Å². The Hall–Kier alpha value is -1.76. The maximum absolute atomic E-state index is 11.0. The van der Waals surface area contributed by atoms with Gasteiger partial charge in [0, 0.05) is 19.3 Å². The van der Waals surface area contributed by atoms with E-state index in [9.17, 15) is 19.2 Å². The van der Waals surface area contributed by atoms with Crippen LogP contribution in [0.15, 0.2) is 0 Å². The molecule has 0 aromatic carbocycles. The first-order valence-corrected chi connectivity index (χ1v) is 4.25. The molecule has 1 aliphatic rings. The van der Waals surface area contributed by atoms with Crippen LogP contribution < -0.4 is 0 Å². The highest BCUT2D eigenvalue weighted by molar-refractivity contribution is 6.00. The third-order valence-corrected chi connectivity index (χ3v) is 1.82. The molecule has 1 N–H and O–H groups in total. The number of amides is 2. The predicted molar refractivity (Wildman–Crippen MR) is 44.3 cm³/mol. The highest BCUT2D eigenvalue weighted by atomic mass is 16.7. The molecule has 0 bridgehead atoms. The van der Waals surface area contributed by atoms with Crippen LogP contribution >= 0.6 is 0 Å². The number of imide groups is 1. The average molecular weight is 215 g/mol. The van der Waals surface area contributed by atoms with Crippen molar-refractivity contribution in [1.29, 1.82) is 0 Å². The van der Waals surface area contributed by atoms with Crippen LogP contribution in [0.4, 0.5) is 0 Å². The van der Waals surface area contributed by atoms with Gasteiger partial charge in [-0.2, -0.15) is 5.06 Å². The predicted octanol–water partition coefficient (Wildman–Crippen LogP) is -0.891. The quantitative estimate of drug-likeness (QED) is 0.471. The number of hydrogen-bond donors (Lipinski definition) is 1. The summed E-state index contributed by atoms with van der Waals surface area (Å²) < 4.78 is 0. The standard InChI is InChI=1S/C8H9NO6/c10-4-3-5(8(13)14)15-9-6(11)1-2-7(9)12/h4-5H,1-3H2,(H,13,14). The van der Waals surface area contributed by atoms with Crippen LogP contribution in [0.1, 0.15) is 19.3 Å². The van der Waals surface area contributed by atoms with Crippen LogP contribution in [-0.2, 0) is 24.0 Å². The summed E-state index contributed by atoms with van der Waals surface area (Å²) in [5.74, 6) is -2.57. The molecule has 2 amide bonds. The maximum atomic E-state index is 11.0. The number of aliphatic carboxylic acids is 1. The van der Waals surface area contributed by atoms with Crippen molar-refractivity contribution in [2.24, 2.45) is 0 Å². The summed E-state index contributed by atoms with van der Waals surface area (Å²) in [5.41, 5.74) is 0. The number of hydrogen-bond acceptors (Lipinski definition) is 5. The molecule has 0 spiro atoms. The fourth-order valence-corrected chi connectivity index (χ4v) is 1.08. The van der Waals surface area contributed by atoms with Gasteiger partial charge in [0.25, 0.3) is 11.8 Å². The molecule has 7 nitrogen and oxygen atoms in total. The molecule has 0 aromatic heterocycles. The Bertz CT molecular complexity index is 296. The van der Waals surface area contributed by atoms with Crippen LogP contribution in [0.25, 0.3) is 0 Å². The third kappa shape index (κ3) is 2.59. The van der Waals surface area contributed by atoms with Crippen molar-refractivity contribution in [3.63, 3.8) is 0 Å². The van der Waals surface area contributed by atoms with Gasteiger partial charge in [0.15, 0.2) is 6.10 Å². The lowest BCUT2D eigenvalue weighted by Gasteiger charge is -2.17. The van der Waals surface area contributed by atoms with Crippen molar-refractivity contribution in [1.82, 2.24) is 5.06 Å². The number of carboxylic acid groups (broad SMARTS) is 1. The summed E-state index contributed by atoms with van der Waals surface area (Å²) in [7, 11) is 0. The van der Waals surface area contributed by atoms with E-state index in [1.165, 1.54) is 0 Å². The number of carboxylic acids is 1. The van der Waals surface area contributed by atoms with E-state index in [-0.39, 0.29) is 12.8 Å². The summed E-state index contributed by atoms with van der Waals surface area (Å²) in [6.45, 7) is 0. The lowest BCUT2D eigenvalue weighted by atomic mass is 10.3. The molecule has 1 fully saturated rings. The molecule has 0 aromatic rings. The fourth-order valence-electron chi connectivity index (χ4n) is 1.08. The molecule has 1 saturated heterocycles. The Morgan fingerprint density at radius 2 is 2.00 bits per heavy atom. The third-order valence-electron chi connectivity index (χ3n) is 1.82. The number of rotatable bonds is 5. The largest absolute Gasteiger partial charge is 0.479 e. The van der Waals surface area contributed by atoms with Crippen molar-refractivity contribution in [2.75, 3.05) is 0 Å². The highest BCUT2D eigenvalue weighted by Crippen LogP contribution is 2.14. The van der Waals surface area contributed by atoms with Crippen LogP contribution in [0.3, 0.4) is 0 Å². The molecule has 1 aliphatic heterocycles. The van der Waals surface area contributed by atoms with Crippen LogP contribution in [0, 0.1) is 0 Å². The van der Waals surface area contributed by atoms with E-state index < -0.39 is 30.3 Å². The Labute approximate surface area is 84.6 Å². The minimum Gasteiger partial charge on any atom is -0.479 e. The molecule has 0 aliphatic carbocycles. The highest BCUT2D eigenvalue weighted by Gasteiger charge is 2.34. The SMILES string of the molecule is O=CCC(ON1C(=O)CCC1=O)C(=O)O. The Balaban J connectivity index is 2.64. The van der Waals surface area contributed by atoms with Gasteiger partial charge in [0.1, 0.15) is 6.29 Å². The minimum atomic E-state index is -1.49. The molecule has 82 valence electrons. The summed E-state index contributed by atoms with van der Waals surface area (Å²) in [6.07, 6.45) is -1.54. The van der Waals surface area contributed by atoms with Crippen molar-refractivity contribution in [3.8, 4) is 0 Å². The van der Waals surface area contributed by atoms with Crippen LogP contribution in [0.2, 0.25) is 0 Å². The van der Waals surface area contributed by atoms with E-state index in [1.807, 2.05) is 0 Å². The first-order valence-electron chi connectivity index (χ1n) is 4.25. The van der Waals surface area contributed by atoms with E-state index in [4.69, 9.17) is 5.11 Å². The monoisotopic (exact) mass is 215 g/mol. The van der Waals surface area contributed by atoms with E-state index >= 15 is 0 Å². The number of carbonyl (C=O) groups is 4. The smallest absolute Gasteiger partial charge is 0.336 e. The van der Waals surface area contributed by atoms with Gasteiger partial charge >= 0.3 is 5.97 Å². The topological polar surface area (TPSA) is 101 Å². The maximum Gasteiger partial charge on any atom is 0.336 e. The summed E-state index contributed by atoms with van der Waals surface area (Å²) in [4.78, 5) is 47.4. The van der Waals surface area contributed by atoms with Gasteiger partial charge in [-0.1, -0.05) is 0 Å². The molecular formula is C8H9NO6. The minimum absolute atomic E-state index is 0.00621. The van der Waals surface area contributed by atoms with Crippen molar-refractivity contribution < 1.29 is 29.1 Å². The van der Waals surface area contributed by atoms with Gasteiger partial charge < -0.3 is 9.90 Å². The molecule has 15 heavy (non-hydrogen) atoms. The van der Waals surface area contributed by atoms with Crippen molar-refractivity contribution in [2.45, 2.75) is 25.4 Å². The van der Waals surface area contributed by atoms with E-state index in [1.54, 1.807) is 0 Å². The zero-order valence-electron chi connectivity index (χ0n) is 7.71. The van der Waals surface area contributed by atoms with Gasteiger partial charge in [-0.25, -0.2) is 9.63 Å². The number of hydroxylamine groups is 2. The van der Waals surface area contributed by atoms with Gasteiger partial charge in [-0.3, -0.25) is 9.59 Å². The van der Waals surface area contributed by atoms with Gasteiger partial charge in [-0.15, -0.1) is 0 Å². The second kappa shape index (κ2) is 4.65. The van der Waals surface area contributed by atoms with Gasteiger partial charge in [-0.05, 0) is 0 Å². The van der Waals surface area contributed by atoms with Crippen LogP contribution in [-0.4, -0.2) is 40.3 Å². The van der Waals surface area contributed by atoms with Gasteiger partial charge in [0.05, 0.1) is 0 Å². The van der Waals surface area contributed by atoms with E-state index in [2.05, 4.69) is 4.84 Å². The second-order valence-corrected chi connectivity index (χ2v) is 2.92. The molecule has 0 saturated carbocycles. The zero-order chi connectivity index (χ0) is 11.4. The molecular weight excluding hydrogens is 206 g/mol. The summed E-state index contributed by atoms with van der Waals surface area (Å²) in [6, 6.07) is 0. The van der Waals surface area contributed by atoms with Crippen molar-refractivity contribution in [3.05, 3.63) is 0 Å². The molecule has 1 heterocycles. The number of carbonyl (C=O) groups excluding carboxylic acids is 3. The Kier molecular flexibility index (Phi) is 3.51. The van der Waals surface area contributed by atoms with E-state index in [0.29, 0.717) is 11.3 Å². The number of aldehydes is 1. The lowest BCUT2D eigenvalue weighted by molar-refractivity contribution is -0.208. The zero-order valence-corrected chi connectivity index (χ0v) is 7.71. The Morgan fingerprint density at radius 1 is 1.47 bits per heavy atom. The summed E-state index contributed by atoms with van der Waals surface area (Å²) >= 11 is 0. The molecule has 1 rings (SSSR count). The molecule has 1 atom stereocenters. The molecule has 0 radical (unpaired) electrons. The first-order chi connectivity index (χ1) is 7.06. The van der Waals surface area contributed by atoms with Crippen LogP contribution in [0.5, 0.6) is 0 Å². The lowest BCUT2D eigenvalue weighted by Crippen LogP contribution is -2.37. The second-order valence-electron chi connectivity index (χ2n) is 2.92. The number of nitrogens with zero attached hydrogens (tertiary/aromatic N) is 1. The molecule has 7 heteroatoms. The first kappa shape index (κ1) is 11.3. The molecule has 1 unspecified atom stereocenters. The normalized spacial score (nSPS) is 18.0. The van der Waals surface area contributed by atoms with Crippen molar-refractivity contribution >= 4 is 24.1 Å². The summed E-state index contributed by atoms with van der Waals surface area (Å²) in [5, 5.41) is 9.02. The fraction of sp³-hybridized carbons (Fsp3) is 0.500. The Morgan fingerprint density at radius 3 is 2.40 bits per heavy atom. The van der Waals surface area contributed by atoms with Gasteiger partial charge in [0.2, 0.25) is 0 Å².